The van der Waals surface area contributed by atoms with Gasteiger partial charge in [0.1, 0.15) is 0 Å². The molecular weight excluding hydrogens is 400 g/mol. The lowest BCUT2D eigenvalue weighted by Gasteiger charge is -2.37. The largest absolute Gasteiger partial charge is 0.300 e. The number of Topliss-reactive ketones (excluding diaryl/α,β-unsaturated/α-hetero) is 1. The number of fused-ring (bicyclic) bond motifs is 2. The van der Waals surface area contributed by atoms with E-state index in [2.05, 4.69) is 33.9 Å². The molecule has 2 aliphatic heterocycles. The summed E-state index contributed by atoms with van der Waals surface area (Å²) in [6.07, 6.45) is 0.957. The Hall–Kier alpha value is -1.99. The Morgan fingerprint density at radius 1 is 1.11 bits per heavy atom. The first kappa shape index (κ1) is 17.1. The maximum absolute atomic E-state index is 12.6. The highest BCUT2D eigenvalue weighted by atomic mass is 35.5. The van der Waals surface area contributed by atoms with Crippen LogP contribution in [0.4, 0.5) is 5.69 Å². The first-order valence-corrected chi connectivity index (χ1v) is 10.8. The maximum atomic E-state index is 12.6. The minimum Gasteiger partial charge on any atom is -0.291 e. The summed E-state index contributed by atoms with van der Waals surface area (Å²) in [5.74, 6) is -0.957. The van der Waals surface area contributed by atoms with Crippen LogP contribution in [0.2, 0.25) is 5.02 Å². The highest BCUT2D eigenvalue weighted by Crippen LogP contribution is 2.40. The number of carbonyl (C=O) groups excluding carboxylic acids is 2. The van der Waals surface area contributed by atoms with Gasteiger partial charge in [0.2, 0.25) is 0 Å². The number of amides is 1. The topological polar surface area (TPSA) is 40.6 Å². The molecule has 0 N–H and O–H groups in total. The second-order valence-corrected chi connectivity index (χ2v) is 9.06. The number of hydrogen-bond acceptors (Lipinski definition) is 5. The van der Waals surface area contributed by atoms with E-state index < -0.39 is 11.7 Å². The predicted molar refractivity (Wildman–Crippen MR) is 109 cm³/mol. The molecule has 0 fully saturated rings. The van der Waals surface area contributed by atoms with E-state index in [1.807, 2.05) is 0 Å². The Labute approximate surface area is 169 Å². The standard InChI is InChI=1S/C20H15ClN2O2S2/c21-12-3-4-15-14(10-12)19(24)20(25)23(15)11-22-7-5-16-13(6-9-27-16)18(22)17-2-1-8-26-17/h1-4,6,8-10,18H,5,7,11H2/t18-/m0/s1. The molecule has 1 atom stereocenters. The van der Waals surface area contributed by atoms with Gasteiger partial charge in [-0.1, -0.05) is 17.7 Å². The molecule has 27 heavy (non-hydrogen) atoms. The van der Waals surface area contributed by atoms with Gasteiger partial charge in [0.25, 0.3) is 5.78 Å². The molecule has 0 spiro atoms. The minimum atomic E-state index is -0.478. The quantitative estimate of drug-likeness (QED) is 0.588. The van der Waals surface area contributed by atoms with Gasteiger partial charge in [-0.15, -0.1) is 22.7 Å². The van der Waals surface area contributed by atoms with E-state index in [1.165, 1.54) is 15.3 Å². The van der Waals surface area contributed by atoms with E-state index in [0.717, 1.165) is 13.0 Å². The minimum absolute atomic E-state index is 0.110. The summed E-state index contributed by atoms with van der Waals surface area (Å²) in [5, 5.41) is 4.68. The Balaban J connectivity index is 1.52. The normalized spacial score (nSPS) is 19.4. The number of thiophene rings is 2. The summed E-state index contributed by atoms with van der Waals surface area (Å²) in [5.41, 5.74) is 2.35. The molecule has 4 heterocycles. The number of nitrogens with zero attached hydrogens (tertiary/aromatic N) is 2. The molecule has 0 saturated heterocycles. The van der Waals surface area contributed by atoms with Crippen molar-refractivity contribution in [2.24, 2.45) is 0 Å². The van der Waals surface area contributed by atoms with Crippen LogP contribution in [0.1, 0.15) is 31.7 Å². The van der Waals surface area contributed by atoms with Crippen molar-refractivity contribution in [3.63, 3.8) is 0 Å². The summed E-state index contributed by atoms with van der Waals surface area (Å²) in [4.78, 5) is 31.6. The zero-order chi connectivity index (χ0) is 18.5. The van der Waals surface area contributed by atoms with E-state index in [-0.39, 0.29) is 6.04 Å². The number of hydrogen-bond donors (Lipinski definition) is 0. The molecule has 1 amide bonds. The Kier molecular flexibility index (Phi) is 4.16. The van der Waals surface area contributed by atoms with Crippen molar-refractivity contribution in [3.8, 4) is 0 Å². The first-order chi connectivity index (χ1) is 13.1. The molecule has 1 aromatic carbocycles. The van der Waals surface area contributed by atoms with Gasteiger partial charge < -0.3 is 0 Å². The first-order valence-electron chi connectivity index (χ1n) is 8.63. The molecule has 0 unspecified atom stereocenters. The summed E-state index contributed by atoms with van der Waals surface area (Å²) in [7, 11) is 0. The fourth-order valence-electron chi connectivity index (χ4n) is 3.90. The molecule has 2 aromatic heterocycles. The number of anilines is 1. The smallest absolute Gasteiger partial charge is 0.291 e. The second-order valence-electron chi connectivity index (χ2n) is 6.64. The summed E-state index contributed by atoms with van der Waals surface area (Å²) in [6.45, 7) is 1.23. The van der Waals surface area contributed by atoms with Crippen molar-refractivity contribution in [1.82, 2.24) is 4.90 Å². The van der Waals surface area contributed by atoms with Crippen molar-refractivity contribution in [1.29, 1.82) is 0 Å². The number of halogens is 1. The molecule has 136 valence electrons. The zero-order valence-corrected chi connectivity index (χ0v) is 16.6. The van der Waals surface area contributed by atoms with Crippen molar-refractivity contribution in [2.45, 2.75) is 12.5 Å². The highest BCUT2D eigenvalue weighted by molar-refractivity contribution is 7.10. The van der Waals surface area contributed by atoms with Crippen LogP contribution in [-0.4, -0.2) is 29.8 Å². The number of benzene rings is 1. The fraction of sp³-hybridized carbons (Fsp3) is 0.200. The van der Waals surface area contributed by atoms with Crippen molar-refractivity contribution in [3.05, 3.63) is 73.1 Å². The third kappa shape index (κ3) is 2.75. The van der Waals surface area contributed by atoms with Gasteiger partial charge in [-0.2, -0.15) is 0 Å². The maximum Gasteiger partial charge on any atom is 0.300 e. The van der Waals surface area contributed by atoms with Crippen LogP contribution in [0, 0.1) is 0 Å². The van der Waals surface area contributed by atoms with Crippen LogP contribution in [0.3, 0.4) is 0 Å². The summed E-state index contributed by atoms with van der Waals surface area (Å²) >= 11 is 9.53. The zero-order valence-electron chi connectivity index (χ0n) is 14.2. The van der Waals surface area contributed by atoms with Crippen molar-refractivity contribution >= 4 is 51.7 Å². The predicted octanol–water partition coefficient (Wildman–Crippen LogP) is 4.60. The van der Waals surface area contributed by atoms with E-state index in [4.69, 9.17) is 11.6 Å². The van der Waals surface area contributed by atoms with Gasteiger partial charge in [-0.25, -0.2) is 0 Å². The van der Waals surface area contributed by atoms with Gasteiger partial charge in [0, 0.05) is 21.3 Å². The summed E-state index contributed by atoms with van der Waals surface area (Å²) < 4.78 is 0. The SMILES string of the molecule is O=C1C(=O)N(CN2CCc3sccc3[C@H]2c2cccs2)c2ccc(Cl)cc21. The molecule has 7 heteroatoms. The third-order valence-electron chi connectivity index (χ3n) is 5.13. The van der Waals surface area contributed by atoms with Crippen LogP contribution in [0.15, 0.2) is 47.2 Å². The molecule has 0 radical (unpaired) electrons. The Morgan fingerprint density at radius 2 is 2.00 bits per heavy atom. The van der Waals surface area contributed by atoms with Gasteiger partial charge in [-0.05, 0) is 53.1 Å². The van der Waals surface area contributed by atoms with Crippen LogP contribution in [0.25, 0.3) is 0 Å². The highest BCUT2D eigenvalue weighted by Gasteiger charge is 2.39. The van der Waals surface area contributed by atoms with Gasteiger partial charge in [-0.3, -0.25) is 19.4 Å². The molecule has 0 bridgehead atoms. The lowest BCUT2D eigenvalue weighted by molar-refractivity contribution is -0.114. The molecule has 5 rings (SSSR count). The molecule has 2 aliphatic rings. The van der Waals surface area contributed by atoms with Crippen LogP contribution in [0.5, 0.6) is 0 Å². The van der Waals surface area contributed by atoms with Crippen LogP contribution in [-0.2, 0) is 11.2 Å². The van der Waals surface area contributed by atoms with Crippen LogP contribution < -0.4 is 4.90 Å². The number of ketones is 1. The van der Waals surface area contributed by atoms with Crippen molar-refractivity contribution in [2.75, 3.05) is 18.1 Å². The van der Waals surface area contributed by atoms with E-state index in [0.29, 0.717) is 22.9 Å². The molecule has 4 nitrogen and oxygen atoms in total. The number of carbonyl (C=O) groups is 2. The number of rotatable bonds is 3. The lowest BCUT2D eigenvalue weighted by Crippen LogP contribution is -2.45. The van der Waals surface area contributed by atoms with E-state index in [1.54, 1.807) is 45.8 Å². The van der Waals surface area contributed by atoms with Gasteiger partial charge >= 0.3 is 5.91 Å². The molecule has 3 aromatic rings. The lowest BCUT2D eigenvalue weighted by atomic mass is 9.99. The average molecular weight is 415 g/mol. The summed E-state index contributed by atoms with van der Waals surface area (Å²) in [6, 6.07) is 11.6. The monoisotopic (exact) mass is 414 g/mol. The third-order valence-corrected chi connectivity index (χ3v) is 7.29. The molecule has 0 saturated carbocycles. The molecular formula is C20H15ClN2O2S2. The molecule has 0 aliphatic carbocycles. The Bertz CT molecular complexity index is 1040. The van der Waals surface area contributed by atoms with Gasteiger partial charge in [0.15, 0.2) is 0 Å². The Morgan fingerprint density at radius 3 is 2.81 bits per heavy atom. The van der Waals surface area contributed by atoms with Crippen molar-refractivity contribution < 1.29 is 9.59 Å². The second kappa shape index (κ2) is 6.56. The average Bonchev–Trinajstić information content (AvgIpc) is 3.39. The van der Waals surface area contributed by atoms with Gasteiger partial charge in [0.05, 0.1) is 24.0 Å². The fourth-order valence-corrected chi connectivity index (χ4v) is 5.85. The van der Waals surface area contributed by atoms with Crippen LogP contribution >= 0.6 is 34.3 Å². The van der Waals surface area contributed by atoms with E-state index in [9.17, 15) is 9.59 Å². The van der Waals surface area contributed by atoms with E-state index >= 15 is 0 Å².